The normalized spacial score (nSPS) is 10.7. The van der Waals surface area contributed by atoms with Crippen LogP contribution in [-0.4, -0.2) is 34.0 Å². The number of amides is 1. The summed E-state index contributed by atoms with van der Waals surface area (Å²) in [5, 5.41) is 0.508. The van der Waals surface area contributed by atoms with Crippen LogP contribution < -0.4 is 5.56 Å². The van der Waals surface area contributed by atoms with E-state index in [4.69, 9.17) is 12.2 Å². The third-order valence-corrected chi connectivity index (χ3v) is 4.06. The molecule has 0 aliphatic carbocycles. The number of hydrogen-bond acceptors (Lipinski definition) is 3. The van der Waals surface area contributed by atoms with Crippen LogP contribution in [0, 0.1) is 4.77 Å². The molecule has 0 aliphatic heterocycles. The summed E-state index contributed by atoms with van der Waals surface area (Å²) in [6.07, 6.45) is 3.62. The van der Waals surface area contributed by atoms with Crippen molar-refractivity contribution < 1.29 is 4.79 Å². The summed E-state index contributed by atoms with van der Waals surface area (Å²) >= 11 is 5.21. The summed E-state index contributed by atoms with van der Waals surface area (Å²) in [5.74, 6) is -0.0602. The van der Waals surface area contributed by atoms with Gasteiger partial charge in [-0.25, -0.2) is 0 Å². The number of carbonyl (C=O) groups is 1. The highest BCUT2D eigenvalue weighted by molar-refractivity contribution is 7.71. The molecule has 0 fully saturated rings. The molecule has 2 aromatic rings. The lowest BCUT2D eigenvalue weighted by Crippen LogP contribution is -2.28. The first kappa shape index (κ1) is 17.1. The predicted octanol–water partition coefficient (Wildman–Crippen LogP) is 3.12. The number of nitrogens with one attached hydrogen (secondary N) is 1. The van der Waals surface area contributed by atoms with E-state index in [0.29, 0.717) is 34.3 Å². The third kappa shape index (κ3) is 3.59. The second kappa shape index (κ2) is 7.37. The Hall–Kier alpha value is -2.21. The van der Waals surface area contributed by atoms with Crippen molar-refractivity contribution >= 4 is 29.0 Å². The van der Waals surface area contributed by atoms with Gasteiger partial charge in [-0.05, 0) is 36.8 Å². The molecule has 0 unspecified atom stereocenters. The number of unbranched alkanes of at least 4 members (excludes halogenated alkanes) is 1. The number of rotatable bonds is 6. The fourth-order valence-corrected chi connectivity index (χ4v) is 2.67. The average Bonchev–Trinajstić information content (AvgIpc) is 2.55. The van der Waals surface area contributed by atoms with E-state index in [1.54, 1.807) is 36.2 Å². The quantitative estimate of drug-likeness (QED) is 0.653. The number of aromatic amines is 1. The number of carbonyl (C=O) groups excluding carboxylic acids is 1. The Bertz CT molecular complexity index is 851. The largest absolute Gasteiger partial charge is 0.342 e. The Labute approximate surface area is 140 Å². The van der Waals surface area contributed by atoms with Gasteiger partial charge in [0.25, 0.3) is 11.5 Å². The van der Waals surface area contributed by atoms with Gasteiger partial charge in [-0.15, -0.1) is 6.58 Å². The van der Waals surface area contributed by atoms with Crippen molar-refractivity contribution in [3.05, 3.63) is 51.5 Å². The predicted molar refractivity (Wildman–Crippen MR) is 95.5 cm³/mol. The molecule has 122 valence electrons. The number of hydrogen-bond donors (Lipinski definition) is 1. The van der Waals surface area contributed by atoms with Crippen molar-refractivity contribution in [2.45, 2.75) is 26.3 Å². The third-order valence-electron chi connectivity index (χ3n) is 3.73. The molecule has 0 aliphatic rings. The molecular formula is C17H21N3O2S. The number of aromatic nitrogens is 2. The first-order chi connectivity index (χ1) is 11.0. The fourth-order valence-electron chi connectivity index (χ4n) is 2.40. The van der Waals surface area contributed by atoms with Crippen molar-refractivity contribution in [2.75, 3.05) is 13.6 Å². The molecule has 0 bridgehead atoms. The maximum atomic E-state index is 12.4. The lowest BCUT2D eigenvalue weighted by molar-refractivity contribution is 0.0793. The minimum Gasteiger partial charge on any atom is -0.342 e. The zero-order valence-corrected chi connectivity index (χ0v) is 14.3. The van der Waals surface area contributed by atoms with Crippen molar-refractivity contribution in [3.63, 3.8) is 0 Å². The van der Waals surface area contributed by atoms with E-state index in [2.05, 4.69) is 18.5 Å². The van der Waals surface area contributed by atoms with Crippen LogP contribution >= 0.6 is 12.2 Å². The highest BCUT2D eigenvalue weighted by Crippen LogP contribution is 2.13. The van der Waals surface area contributed by atoms with Gasteiger partial charge in [-0.2, -0.15) is 0 Å². The molecule has 1 aromatic carbocycles. The second-order valence-corrected chi connectivity index (χ2v) is 5.86. The minimum absolute atomic E-state index is 0.0602. The molecule has 1 aromatic heterocycles. The highest BCUT2D eigenvalue weighted by Gasteiger charge is 2.13. The molecule has 0 saturated heterocycles. The Balaban J connectivity index is 2.46. The maximum Gasteiger partial charge on any atom is 0.262 e. The van der Waals surface area contributed by atoms with Gasteiger partial charge in [0.05, 0.1) is 10.9 Å². The smallest absolute Gasteiger partial charge is 0.262 e. The van der Waals surface area contributed by atoms with Crippen LogP contribution in [0.4, 0.5) is 0 Å². The number of benzene rings is 1. The van der Waals surface area contributed by atoms with Crippen molar-refractivity contribution in [2.24, 2.45) is 0 Å². The van der Waals surface area contributed by atoms with E-state index >= 15 is 0 Å². The van der Waals surface area contributed by atoms with Gasteiger partial charge in [0.2, 0.25) is 0 Å². The van der Waals surface area contributed by atoms with Crippen LogP contribution in [0.25, 0.3) is 10.9 Å². The molecule has 1 amide bonds. The number of H-pyrrole nitrogens is 1. The summed E-state index contributed by atoms with van der Waals surface area (Å²) < 4.78 is 1.77. The Morgan fingerprint density at radius 3 is 2.87 bits per heavy atom. The van der Waals surface area contributed by atoms with Crippen molar-refractivity contribution in [1.82, 2.24) is 14.5 Å². The van der Waals surface area contributed by atoms with Crippen LogP contribution in [0.2, 0.25) is 0 Å². The summed E-state index contributed by atoms with van der Waals surface area (Å²) in [5.41, 5.74) is 0.944. The van der Waals surface area contributed by atoms with Gasteiger partial charge >= 0.3 is 0 Å². The Morgan fingerprint density at radius 2 is 2.22 bits per heavy atom. The standard InChI is InChI=1S/C17H21N3O2S/c1-4-6-10-19(3)15(21)12-7-8-13-14(11-12)18-17(23)20(9-5-2)16(13)22/h5,7-8,11H,2,4,6,9-10H2,1,3H3,(H,18,23). The average molecular weight is 331 g/mol. The van der Waals surface area contributed by atoms with E-state index in [1.807, 2.05) is 0 Å². The van der Waals surface area contributed by atoms with Gasteiger partial charge in [-0.3, -0.25) is 14.2 Å². The highest BCUT2D eigenvalue weighted by atomic mass is 32.1. The van der Waals surface area contributed by atoms with Crippen LogP contribution in [0.5, 0.6) is 0 Å². The van der Waals surface area contributed by atoms with E-state index in [9.17, 15) is 9.59 Å². The lowest BCUT2D eigenvalue weighted by atomic mass is 10.1. The SMILES string of the molecule is C=CCn1c(=S)[nH]c2cc(C(=O)N(C)CCCC)ccc2c1=O. The lowest BCUT2D eigenvalue weighted by Gasteiger charge is -2.17. The number of fused-ring (bicyclic) bond motifs is 1. The van der Waals surface area contributed by atoms with Crippen molar-refractivity contribution in [1.29, 1.82) is 0 Å². The van der Waals surface area contributed by atoms with Crippen LogP contribution in [0.1, 0.15) is 30.1 Å². The molecule has 1 heterocycles. The summed E-state index contributed by atoms with van der Waals surface area (Å²) in [4.78, 5) is 29.6. The van der Waals surface area contributed by atoms with Crippen molar-refractivity contribution in [3.8, 4) is 0 Å². The van der Waals surface area contributed by atoms with Gasteiger partial charge in [0, 0.05) is 25.7 Å². The molecular weight excluding hydrogens is 310 g/mol. The van der Waals surface area contributed by atoms with Gasteiger partial charge in [0.1, 0.15) is 0 Å². The van der Waals surface area contributed by atoms with E-state index < -0.39 is 0 Å². The molecule has 5 nitrogen and oxygen atoms in total. The zero-order valence-electron chi connectivity index (χ0n) is 13.5. The van der Waals surface area contributed by atoms with E-state index in [-0.39, 0.29) is 11.5 Å². The summed E-state index contributed by atoms with van der Waals surface area (Å²) in [6, 6.07) is 5.04. The molecule has 2 rings (SSSR count). The van der Waals surface area contributed by atoms with Crippen LogP contribution in [-0.2, 0) is 6.54 Å². The molecule has 6 heteroatoms. The van der Waals surface area contributed by atoms with Crippen LogP contribution in [0.3, 0.4) is 0 Å². The first-order valence-electron chi connectivity index (χ1n) is 7.62. The molecule has 0 spiro atoms. The zero-order chi connectivity index (χ0) is 17.0. The Kier molecular flexibility index (Phi) is 5.50. The molecule has 1 N–H and O–H groups in total. The molecule has 0 saturated carbocycles. The first-order valence-corrected chi connectivity index (χ1v) is 8.03. The number of allylic oxidation sites excluding steroid dienone is 1. The maximum absolute atomic E-state index is 12.4. The number of nitrogens with zero attached hydrogens (tertiary/aromatic N) is 2. The van der Waals surface area contributed by atoms with Gasteiger partial charge in [0.15, 0.2) is 4.77 Å². The Morgan fingerprint density at radius 1 is 1.48 bits per heavy atom. The second-order valence-electron chi connectivity index (χ2n) is 5.48. The monoisotopic (exact) mass is 331 g/mol. The molecule has 23 heavy (non-hydrogen) atoms. The topological polar surface area (TPSA) is 58.1 Å². The van der Waals surface area contributed by atoms with Gasteiger partial charge < -0.3 is 9.88 Å². The van der Waals surface area contributed by atoms with E-state index in [1.165, 1.54) is 4.57 Å². The van der Waals surface area contributed by atoms with E-state index in [0.717, 1.165) is 12.8 Å². The van der Waals surface area contributed by atoms with Crippen LogP contribution in [0.15, 0.2) is 35.6 Å². The van der Waals surface area contributed by atoms with Gasteiger partial charge in [-0.1, -0.05) is 19.4 Å². The minimum atomic E-state index is -0.179. The summed E-state index contributed by atoms with van der Waals surface area (Å²) in [7, 11) is 1.78. The molecule has 0 atom stereocenters. The molecule has 0 radical (unpaired) electrons. The summed E-state index contributed by atoms with van der Waals surface area (Å²) in [6.45, 7) is 6.78. The fraction of sp³-hybridized carbons (Fsp3) is 0.353.